The highest BCUT2D eigenvalue weighted by Gasteiger charge is 2.10. The quantitative estimate of drug-likeness (QED) is 0.719. The highest BCUT2D eigenvalue weighted by molar-refractivity contribution is 6.21. The number of hydrogen-bond donors (Lipinski definition) is 0. The van der Waals surface area contributed by atoms with Crippen molar-refractivity contribution in [3.63, 3.8) is 0 Å². The first-order chi connectivity index (χ1) is 7.13. The van der Waals surface area contributed by atoms with Gasteiger partial charge in [-0.1, -0.05) is 0 Å². The highest BCUT2D eigenvalue weighted by atomic mass is 35.5. The Labute approximate surface area is 93.0 Å². The second-order valence-electron chi connectivity index (χ2n) is 3.13. The first kappa shape index (κ1) is 12.1. The normalized spacial score (nSPS) is 12.5. The molecule has 0 aliphatic rings. The molecule has 0 amide bonds. The van der Waals surface area contributed by atoms with E-state index in [9.17, 15) is 4.39 Å². The zero-order chi connectivity index (χ0) is 11.3. The summed E-state index contributed by atoms with van der Waals surface area (Å²) in [5.74, 6) is -0.00961. The van der Waals surface area contributed by atoms with Gasteiger partial charge in [0.15, 0.2) is 5.82 Å². The molecule has 1 heterocycles. The van der Waals surface area contributed by atoms with Crippen molar-refractivity contribution in [2.75, 3.05) is 32.2 Å². The SMILES string of the molecule is COCC(Cl)CN(C)c1ncc(F)cn1. The van der Waals surface area contributed by atoms with Gasteiger partial charge in [-0.25, -0.2) is 14.4 Å². The molecule has 1 aromatic rings. The lowest BCUT2D eigenvalue weighted by Gasteiger charge is -2.19. The Bertz CT molecular complexity index is 296. The van der Waals surface area contributed by atoms with Crippen molar-refractivity contribution < 1.29 is 9.13 Å². The first-order valence-electron chi connectivity index (χ1n) is 4.45. The molecule has 0 radical (unpaired) electrons. The minimum Gasteiger partial charge on any atom is -0.383 e. The Morgan fingerprint density at radius 2 is 2.13 bits per heavy atom. The second-order valence-corrected chi connectivity index (χ2v) is 3.75. The van der Waals surface area contributed by atoms with Gasteiger partial charge in [0.1, 0.15) is 0 Å². The third-order valence-electron chi connectivity index (χ3n) is 1.77. The van der Waals surface area contributed by atoms with Crippen LogP contribution in [0, 0.1) is 5.82 Å². The van der Waals surface area contributed by atoms with Crippen LogP contribution in [0.1, 0.15) is 0 Å². The van der Waals surface area contributed by atoms with E-state index < -0.39 is 5.82 Å². The number of halogens is 2. The third-order valence-corrected chi connectivity index (χ3v) is 2.03. The number of rotatable bonds is 5. The minimum atomic E-state index is -0.452. The summed E-state index contributed by atoms with van der Waals surface area (Å²) in [6.45, 7) is 0.994. The van der Waals surface area contributed by atoms with E-state index in [1.165, 1.54) is 0 Å². The second kappa shape index (κ2) is 5.82. The molecule has 0 bridgehead atoms. The molecule has 1 rings (SSSR count). The fourth-order valence-corrected chi connectivity index (χ4v) is 1.45. The molecule has 1 unspecified atom stereocenters. The van der Waals surface area contributed by atoms with E-state index >= 15 is 0 Å². The van der Waals surface area contributed by atoms with Gasteiger partial charge in [0, 0.05) is 20.7 Å². The third kappa shape index (κ3) is 3.97. The summed E-state index contributed by atoms with van der Waals surface area (Å²) in [6, 6.07) is 0. The van der Waals surface area contributed by atoms with Crippen molar-refractivity contribution in [3.8, 4) is 0 Å². The molecule has 1 aromatic heterocycles. The Kier molecular flexibility index (Phi) is 4.71. The Hall–Kier alpha value is -0.940. The molecule has 0 N–H and O–H groups in total. The fraction of sp³-hybridized carbons (Fsp3) is 0.556. The zero-order valence-electron chi connectivity index (χ0n) is 8.65. The lowest BCUT2D eigenvalue weighted by atomic mass is 10.4. The van der Waals surface area contributed by atoms with Crippen molar-refractivity contribution in [2.24, 2.45) is 0 Å². The number of ether oxygens (including phenoxy) is 1. The number of methoxy groups -OCH3 is 1. The van der Waals surface area contributed by atoms with Crippen LogP contribution in [0.15, 0.2) is 12.4 Å². The number of nitrogens with zero attached hydrogens (tertiary/aromatic N) is 3. The van der Waals surface area contributed by atoms with Gasteiger partial charge in [0.2, 0.25) is 5.95 Å². The van der Waals surface area contributed by atoms with Crippen LogP contribution < -0.4 is 4.90 Å². The summed E-state index contributed by atoms with van der Waals surface area (Å²) in [7, 11) is 3.38. The Morgan fingerprint density at radius 3 is 2.67 bits per heavy atom. The van der Waals surface area contributed by atoms with Gasteiger partial charge in [-0.2, -0.15) is 0 Å². The lowest BCUT2D eigenvalue weighted by molar-refractivity contribution is 0.199. The summed E-state index contributed by atoms with van der Waals surface area (Å²) in [6.07, 6.45) is 2.25. The van der Waals surface area contributed by atoms with Crippen LogP contribution in [0.3, 0.4) is 0 Å². The van der Waals surface area contributed by atoms with Crippen LogP contribution in [0.2, 0.25) is 0 Å². The molecule has 15 heavy (non-hydrogen) atoms. The molecule has 0 aliphatic carbocycles. The minimum absolute atomic E-state index is 0.145. The van der Waals surface area contributed by atoms with Crippen LogP contribution in [-0.2, 0) is 4.74 Å². The van der Waals surface area contributed by atoms with Gasteiger partial charge in [-0.05, 0) is 0 Å². The van der Waals surface area contributed by atoms with Crippen LogP contribution in [0.5, 0.6) is 0 Å². The van der Waals surface area contributed by atoms with E-state index in [1.807, 2.05) is 0 Å². The summed E-state index contributed by atoms with van der Waals surface area (Å²) < 4.78 is 17.4. The molecule has 0 aromatic carbocycles. The summed E-state index contributed by atoms with van der Waals surface area (Å²) in [4.78, 5) is 9.41. The van der Waals surface area contributed by atoms with E-state index in [2.05, 4.69) is 9.97 Å². The van der Waals surface area contributed by atoms with Crippen LogP contribution >= 0.6 is 11.6 Å². The largest absolute Gasteiger partial charge is 0.383 e. The molecule has 0 spiro atoms. The molecule has 0 saturated carbocycles. The fourth-order valence-electron chi connectivity index (χ4n) is 1.11. The number of anilines is 1. The molecule has 0 saturated heterocycles. The van der Waals surface area contributed by atoms with E-state index in [0.717, 1.165) is 12.4 Å². The Balaban J connectivity index is 2.53. The van der Waals surface area contributed by atoms with E-state index in [1.54, 1.807) is 19.1 Å². The molecule has 1 atom stereocenters. The standard InChI is InChI=1S/C9H13ClFN3O/c1-14(5-7(10)6-15-2)9-12-3-8(11)4-13-9/h3-4,7H,5-6H2,1-2H3. The molecule has 84 valence electrons. The summed E-state index contributed by atoms with van der Waals surface area (Å²) in [5, 5.41) is -0.145. The summed E-state index contributed by atoms with van der Waals surface area (Å²) >= 11 is 5.96. The highest BCUT2D eigenvalue weighted by Crippen LogP contribution is 2.07. The van der Waals surface area contributed by atoms with Gasteiger partial charge < -0.3 is 9.64 Å². The first-order valence-corrected chi connectivity index (χ1v) is 4.89. The van der Waals surface area contributed by atoms with Gasteiger partial charge in [0.25, 0.3) is 0 Å². The summed E-state index contributed by atoms with van der Waals surface area (Å²) in [5.41, 5.74) is 0. The van der Waals surface area contributed by atoms with Crippen LogP contribution in [0.25, 0.3) is 0 Å². The van der Waals surface area contributed by atoms with Crippen molar-refractivity contribution >= 4 is 17.5 Å². The lowest BCUT2D eigenvalue weighted by Crippen LogP contribution is -2.29. The number of aromatic nitrogens is 2. The number of hydrogen-bond acceptors (Lipinski definition) is 4. The van der Waals surface area contributed by atoms with E-state index in [-0.39, 0.29) is 5.38 Å². The number of alkyl halides is 1. The van der Waals surface area contributed by atoms with Crippen molar-refractivity contribution in [3.05, 3.63) is 18.2 Å². The van der Waals surface area contributed by atoms with Gasteiger partial charge >= 0.3 is 0 Å². The van der Waals surface area contributed by atoms with Crippen LogP contribution in [0.4, 0.5) is 10.3 Å². The average molecular weight is 234 g/mol. The monoisotopic (exact) mass is 233 g/mol. The molecule has 0 aliphatic heterocycles. The van der Waals surface area contributed by atoms with Gasteiger partial charge in [-0.15, -0.1) is 11.6 Å². The van der Waals surface area contributed by atoms with Crippen LogP contribution in [-0.4, -0.2) is 42.7 Å². The van der Waals surface area contributed by atoms with Gasteiger partial charge in [0.05, 0.1) is 24.4 Å². The maximum atomic E-state index is 12.5. The molecule has 0 fully saturated rings. The van der Waals surface area contributed by atoms with E-state index in [4.69, 9.17) is 16.3 Å². The Morgan fingerprint density at radius 1 is 1.53 bits per heavy atom. The van der Waals surface area contributed by atoms with Crippen molar-refractivity contribution in [1.29, 1.82) is 0 Å². The predicted molar refractivity (Wildman–Crippen MR) is 56.8 cm³/mol. The smallest absolute Gasteiger partial charge is 0.225 e. The zero-order valence-corrected chi connectivity index (χ0v) is 9.41. The average Bonchev–Trinajstić information content (AvgIpc) is 2.18. The van der Waals surface area contributed by atoms with Crippen molar-refractivity contribution in [1.82, 2.24) is 9.97 Å². The maximum absolute atomic E-state index is 12.5. The van der Waals surface area contributed by atoms with E-state index in [0.29, 0.717) is 19.1 Å². The topological polar surface area (TPSA) is 38.2 Å². The predicted octanol–water partition coefficient (Wildman–Crippen LogP) is 1.31. The molecular formula is C9H13ClFN3O. The van der Waals surface area contributed by atoms with Gasteiger partial charge in [-0.3, -0.25) is 0 Å². The maximum Gasteiger partial charge on any atom is 0.225 e. The molecule has 4 nitrogen and oxygen atoms in total. The molecular weight excluding hydrogens is 221 g/mol. The van der Waals surface area contributed by atoms with Crippen molar-refractivity contribution in [2.45, 2.75) is 5.38 Å². The molecule has 6 heteroatoms.